The van der Waals surface area contributed by atoms with Crippen LogP contribution in [-0.2, 0) is 9.84 Å². The molecular formula is C8H18N2O2S. The highest BCUT2D eigenvalue weighted by atomic mass is 32.2. The van der Waals surface area contributed by atoms with Gasteiger partial charge < -0.3 is 5.73 Å². The SMILES string of the molecule is CC1C(N)CCN1CCS(C)(=O)=O. The average molecular weight is 206 g/mol. The van der Waals surface area contributed by atoms with Crippen molar-refractivity contribution in [1.29, 1.82) is 0 Å². The van der Waals surface area contributed by atoms with Crippen LogP contribution in [0.4, 0.5) is 0 Å². The first-order valence-electron chi connectivity index (χ1n) is 4.57. The maximum absolute atomic E-state index is 10.9. The van der Waals surface area contributed by atoms with Crippen molar-refractivity contribution in [2.45, 2.75) is 25.4 Å². The maximum atomic E-state index is 10.9. The number of hydrogen-bond acceptors (Lipinski definition) is 4. The van der Waals surface area contributed by atoms with Crippen LogP contribution in [0.2, 0.25) is 0 Å². The lowest BCUT2D eigenvalue weighted by Gasteiger charge is -2.22. The van der Waals surface area contributed by atoms with Gasteiger partial charge in [-0.15, -0.1) is 0 Å². The van der Waals surface area contributed by atoms with Gasteiger partial charge in [-0.3, -0.25) is 4.90 Å². The number of sulfone groups is 1. The Morgan fingerprint density at radius 2 is 2.15 bits per heavy atom. The third-order valence-electron chi connectivity index (χ3n) is 2.69. The highest BCUT2D eigenvalue weighted by molar-refractivity contribution is 7.90. The largest absolute Gasteiger partial charge is 0.326 e. The van der Waals surface area contributed by atoms with Gasteiger partial charge in [0.15, 0.2) is 0 Å². The monoisotopic (exact) mass is 206 g/mol. The van der Waals surface area contributed by atoms with Crippen LogP contribution < -0.4 is 5.73 Å². The van der Waals surface area contributed by atoms with Crippen molar-refractivity contribution >= 4 is 9.84 Å². The summed E-state index contributed by atoms with van der Waals surface area (Å²) in [6.07, 6.45) is 2.25. The second-order valence-corrected chi connectivity index (χ2v) is 6.12. The molecule has 4 nitrogen and oxygen atoms in total. The smallest absolute Gasteiger partial charge is 0.148 e. The van der Waals surface area contributed by atoms with E-state index >= 15 is 0 Å². The predicted molar refractivity (Wildman–Crippen MR) is 53.3 cm³/mol. The molecule has 1 aliphatic heterocycles. The number of nitrogens with zero attached hydrogens (tertiary/aromatic N) is 1. The van der Waals surface area contributed by atoms with Crippen LogP contribution in [0.5, 0.6) is 0 Å². The van der Waals surface area contributed by atoms with E-state index in [4.69, 9.17) is 5.73 Å². The Morgan fingerprint density at radius 1 is 1.54 bits per heavy atom. The van der Waals surface area contributed by atoms with E-state index in [1.807, 2.05) is 0 Å². The first-order valence-corrected chi connectivity index (χ1v) is 6.63. The van der Waals surface area contributed by atoms with Crippen LogP contribution in [0.15, 0.2) is 0 Å². The van der Waals surface area contributed by atoms with Crippen LogP contribution in [0, 0.1) is 0 Å². The molecule has 1 saturated heterocycles. The van der Waals surface area contributed by atoms with Crippen LogP contribution in [0.1, 0.15) is 13.3 Å². The van der Waals surface area contributed by atoms with E-state index in [0.29, 0.717) is 12.6 Å². The van der Waals surface area contributed by atoms with Crippen molar-refractivity contribution in [2.24, 2.45) is 5.73 Å². The van der Waals surface area contributed by atoms with E-state index in [2.05, 4.69) is 11.8 Å². The van der Waals surface area contributed by atoms with Crippen molar-refractivity contribution in [1.82, 2.24) is 4.90 Å². The summed E-state index contributed by atoms with van der Waals surface area (Å²) in [6.45, 7) is 3.60. The molecule has 13 heavy (non-hydrogen) atoms. The van der Waals surface area contributed by atoms with E-state index < -0.39 is 9.84 Å². The molecule has 0 amide bonds. The summed E-state index contributed by atoms with van der Waals surface area (Å²) in [6, 6.07) is 0.529. The van der Waals surface area contributed by atoms with Gasteiger partial charge in [-0.1, -0.05) is 0 Å². The van der Waals surface area contributed by atoms with Crippen LogP contribution in [0.25, 0.3) is 0 Å². The zero-order valence-corrected chi connectivity index (χ0v) is 9.05. The molecule has 2 N–H and O–H groups in total. The van der Waals surface area contributed by atoms with Gasteiger partial charge in [0.1, 0.15) is 9.84 Å². The van der Waals surface area contributed by atoms with Crippen LogP contribution >= 0.6 is 0 Å². The van der Waals surface area contributed by atoms with Gasteiger partial charge in [-0.05, 0) is 13.3 Å². The Bertz CT molecular complexity index is 263. The highest BCUT2D eigenvalue weighted by Crippen LogP contribution is 2.14. The lowest BCUT2D eigenvalue weighted by molar-refractivity contribution is 0.275. The summed E-state index contributed by atoms with van der Waals surface area (Å²) in [5.41, 5.74) is 5.82. The van der Waals surface area contributed by atoms with E-state index in [-0.39, 0.29) is 11.8 Å². The van der Waals surface area contributed by atoms with Gasteiger partial charge in [0.05, 0.1) is 5.75 Å². The Kier molecular flexibility index (Phi) is 3.32. The molecule has 1 aliphatic rings. The Balaban J connectivity index is 2.39. The van der Waals surface area contributed by atoms with E-state index in [0.717, 1.165) is 13.0 Å². The van der Waals surface area contributed by atoms with E-state index in [1.54, 1.807) is 0 Å². The Hall–Kier alpha value is -0.130. The van der Waals surface area contributed by atoms with Crippen molar-refractivity contribution in [3.05, 3.63) is 0 Å². The molecule has 5 heteroatoms. The van der Waals surface area contributed by atoms with Crippen LogP contribution in [0.3, 0.4) is 0 Å². The molecule has 0 aromatic carbocycles. The normalized spacial score (nSPS) is 31.0. The standard InChI is InChI=1S/C8H18N2O2S/c1-7-8(9)3-4-10(7)5-6-13(2,11)12/h7-8H,3-6,9H2,1-2H3. The van der Waals surface area contributed by atoms with Crippen LogP contribution in [-0.4, -0.2) is 50.5 Å². The lowest BCUT2D eigenvalue weighted by Crippen LogP contribution is -2.38. The molecule has 1 heterocycles. The lowest BCUT2D eigenvalue weighted by atomic mass is 10.2. The highest BCUT2D eigenvalue weighted by Gasteiger charge is 2.27. The summed E-state index contributed by atoms with van der Waals surface area (Å²) < 4.78 is 21.8. The summed E-state index contributed by atoms with van der Waals surface area (Å²) in [4.78, 5) is 2.14. The summed E-state index contributed by atoms with van der Waals surface area (Å²) in [7, 11) is -2.83. The summed E-state index contributed by atoms with van der Waals surface area (Å²) in [5, 5.41) is 0. The van der Waals surface area contributed by atoms with Gasteiger partial charge in [-0.2, -0.15) is 0 Å². The molecule has 1 fully saturated rings. The fraction of sp³-hybridized carbons (Fsp3) is 1.00. The van der Waals surface area contributed by atoms with E-state index in [9.17, 15) is 8.42 Å². The van der Waals surface area contributed by atoms with Crippen molar-refractivity contribution < 1.29 is 8.42 Å². The molecule has 0 bridgehead atoms. The van der Waals surface area contributed by atoms with E-state index in [1.165, 1.54) is 6.26 Å². The third kappa shape index (κ3) is 3.25. The number of likely N-dealkylation sites (tertiary alicyclic amines) is 1. The Morgan fingerprint density at radius 3 is 2.54 bits per heavy atom. The molecule has 0 saturated carbocycles. The maximum Gasteiger partial charge on any atom is 0.148 e. The first-order chi connectivity index (χ1) is 5.90. The number of rotatable bonds is 3. The summed E-state index contributed by atoms with van der Waals surface area (Å²) >= 11 is 0. The van der Waals surface area contributed by atoms with Gasteiger partial charge in [0, 0.05) is 31.4 Å². The molecule has 0 radical (unpaired) electrons. The van der Waals surface area contributed by atoms with Gasteiger partial charge in [0.25, 0.3) is 0 Å². The molecule has 0 aliphatic carbocycles. The fourth-order valence-electron chi connectivity index (χ4n) is 1.63. The Labute approximate surface area is 80.0 Å². The molecular weight excluding hydrogens is 188 g/mol. The topological polar surface area (TPSA) is 63.4 Å². The molecule has 2 atom stereocenters. The minimum absolute atomic E-state index is 0.208. The zero-order chi connectivity index (χ0) is 10.1. The molecule has 1 rings (SSSR count). The second kappa shape index (κ2) is 3.94. The molecule has 2 unspecified atom stereocenters. The molecule has 0 aromatic rings. The first kappa shape index (κ1) is 10.9. The van der Waals surface area contributed by atoms with Gasteiger partial charge >= 0.3 is 0 Å². The minimum atomic E-state index is -2.83. The molecule has 0 aromatic heterocycles. The minimum Gasteiger partial charge on any atom is -0.326 e. The molecule has 0 spiro atoms. The van der Waals surface area contributed by atoms with Crippen molar-refractivity contribution in [3.63, 3.8) is 0 Å². The number of hydrogen-bond donors (Lipinski definition) is 1. The fourth-order valence-corrected chi connectivity index (χ4v) is 2.20. The summed E-state index contributed by atoms with van der Waals surface area (Å²) in [5.74, 6) is 0.240. The second-order valence-electron chi connectivity index (χ2n) is 3.86. The third-order valence-corrected chi connectivity index (χ3v) is 3.62. The molecule has 78 valence electrons. The quantitative estimate of drug-likeness (QED) is 0.673. The van der Waals surface area contributed by atoms with Crippen molar-refractivity contribution in [2.75, 3.05) is 25.1 Å². The van der Waals surface area contributed by atoms with Crippen molar-refractivity contribution in [3.8, 4) is 0 Å². The zero-order valence-electron chi connectivity index (χ0n) is 8.23. The average Bonchev–Trinajstić information content (AvgIpc) is 2.29. The van der Waals surface area contributed by atoms with Gasteiger partial charge in [-0.25, -0.2) is 8.42 Å². The van der Waals surface area contributed by atoms with Gasteiger partial charge in [0.2, 0.25) is 0 Å². The predicted octanol–water partition coefficient (Wildman–Crippen LogP) is -0.547. The number of nitrogens with two attached hydrogens (primary N) is 1.